The van der Waals surface area contributed by atoms with Gasteiger partial charge in [0, 0.05) is 13.1 Å². The second-order valence-electron chi connectivity index (χ2n) is 6.02. The van der Waals surface area contributed by atoms with E-state index in [0.29, 0.717) is 25.9 Å². The lowest BCUT2D eigenvalue weighted by Crippen LogP contribution is -2.33. The maximum absolute atomic E-state index is 12.9. The van der Waals surface area contributed by atoms with Gasteiger partial charge in [0.15, 0.2) is 5.69 Å². The summed E-state index contributed by atoms with van der Waals surface area (Å²) in [5, 5.41) is 8.92. The second kappa shape index (κ2) is 6.89. The number of aromatic nitrogens is 1. The van der Waals surface area contributed by atoms with E-state index in [1.54, 1.807) is 12.0 Å². The van der Waals surface area contributed by atoms with Crippen LogP contribution in [0.1, 0.15) is 40.6 Å². The van der Waals surface area contributed by atoms with Crippen molar-refractivity contribution in [3.63, 3.8) is 0 Å². The van der Waals surface area contributed by atoms with Crippen molar-refractivity contribution in [3.05, 3.63) is 41.3 Å². The van der Waals surface area contributed by atoms with Gasteiger partial charge in [0.05, 0.1) is 7.11 Å². The van der Waals surface area contributed by atoms with Crippen molar-refractivity contribution >= 4 is 12.0 Å². The number of rotatable bonds is 4. The van der Waals surface area contributed by atoms with E-state index in [0.717, 1.165) is 11.3 Å². The Morgan fingerprint density at radius 3 is 2.58 bits per heavy atom. The highest BCUT2D eigenvalue weighted by atomic mass is 19.4. The Bertz CT molecular complexity index is 796. The Labute approximate surface area is 147 Å². The molecule has 1 aromatic carbocycles. The molecule has 0 atom stereocenters. The van der Waals surface area contributed by atoms with Crippen molar-refractivity contribution in [2.24, 2.45) is 0 Å². The Balaban J connectivity index is 1.75. The number of aromatic carboxylic acids is 1. The minimum absolute atomic E-state index is 0.234. The third-order valence-corrected chi connectivity index (χ3v) is 4.41. The van der Waals surface area contributed by atoms with Crippen LogP contribution in [-0.2, 0) is 6.18 Å². The molecule has 0 radical (unpaired) electrons. The minimum Gasteiger partial charge on any atom is -0.497 e. The lowest BCUT2D eigenvalue weighted by molar-refractivity contribution is -0.141. The molecule has 0 unspecified atom stereocenters. The van der Waals surface area contributed by atoms with Gasteiger partial charge in [-0.15, -0.1) is 0 Å². The number of anilines is 1. The van der Waals surface area contributed by atoms with Gasteiger partial charge in [-0.25, -0.2) is 4.79 Å². The molecule has 26 heavy (non-hydrogen) atoms. The molecule has 2 aromatic rings. The average molecular weight is 370 g/mol. The quantitative estimate of drug-likeness (QED) is 0.883. The Hall–Kier alpha value is -2.71. The van der Waals surface area contributed by atoms with Crippen molar-refractivity contribution in [3.8, 4) is 5.75 Å². The Morgan fingerprint density at radius 1 is 1.35 bits per heavy atom. The fourth-order valence-electron chi connectivity index (χ4n) is 3.08. The van der Waals surface area contributed by atoms with Gasteiger partial charge >= 0.3 is 12.1 Å². The molecule has 9 heteroatoms. The molecular weight excluding hydrogens is 353 g/mol. The normalized spacial score (nSPS) is 15.9. The number of methoxy groups -OCH3 is 1. The molecule has 0 bridgehead atoms. The SMILES string of the molecule is COc1cccc(C2CCN(c3nc(C(F)(F)F)c(C(=O)O)o3)CC2)c1. The largest absolute Gasteiger partial charge is 0.497 e. The third-order valence-electron chi connectivity index (χ3n) is 4.41. The predicted molar refractivity (Wildman–Crippen MR) is 85.6 cm³/mol. The summed E-state index contributed by atoms with van der Waals surface area (Å²) in [5.74, 6) is -1.99. The number of carbonyl (C=O) groups is 1. The van der Waals surface area contributed by atoms with Gasteiger partial charge in [-0.1, -0.05) is 12.1 Å². The molecule has 0 aliphatic carbocycles. The van der Waals surface area contributed by atoms with Crippen LogP contribution in [0.15, 0.2) is 28.7 Å². The molecule has 1 aliphatic rings. The molecule has 6 nitrogen and oxygen atoms in total. The average Bonchev–Trinajstić information content (AvgIpc) is 3.08. The predicted octanol–water partition coefficient (Wildman–Crippen LogP) is 3.78. The first kappa shape index (κ1) is 18.1. The first-order valence-corrected chi connectivity index (χ1v) is 8.00. The van der Waals surface area contributed by atoms with Crippen LogP contribution in [0.3, 0.4) is 0 Å². The summed E-state index contributed by atoms with van der Waals surface area (Å²) in [6.07, 6.45) is -3.52. The first-order chi connectivity index (χ1) is 12.3. The first-order valence-electron chi connectivity index (χ1n) is 8.00. The maximum Gasteiger partial charge on any atom is 0.437 e. The number of nitrogens with zero attached hydrogens (tertiary/aromatic N) is 2. The van der Waals surface area contributed by atoms with Crippen LogP contribution in [0.4, 0.5) is 19.2 Å². The number of benzene rings is 1. The highest BCUT2D eigenvalue weighted by Crippen LogP contribution is 2.36. The highest BCUT2D eigenvalue weighted by Gasteiger charge is 2.42. The number of oxazole rings is 1. The summed E-state index contributed by atoms with van der Waals surface area (Å²) >= 11 is 0. The number of carboxylic acid groups (broad SMARTS) is 1. The number of carboxylic acids is 1. The van der Waals surface area contributed by atoms with Gasteiger partial charge in [-0.2, -0.15) is 18.2 Å². The van der Waals surface area contributed by atoms with E-state index in [1.807, 2.05) is 24.3 Å². The number of alkyl halides is 3. The van der Waals surface area contributed by atoms with Gasteiger partial charge in [0.25, 0.3) is 6.01 Å². The molecule has 0 amide bonds. The number of hydrogen-bond donors (Lipinski definition) is 1. The Morgan fingerprint density at radius 2 is 2.04 bits per heavy atom. The summed E-state index contributed by atoms with van der Waals surface area (Å²) in [5.41, 5.74) is -0.409. The van der Waals surface area contributed by atoms with E-state index < -0.39 is 23.6 Å². The van der Waals surface area contributed by atoms with Crippen molar-refractivity contribution in [1.29, 1.82) is 0 Å². The van der Waals surface area contributed by atoms with Crippen LogP contribution in [-0.4, -0.2) is 36.3 Å². The molecule has 0 saturated carbocycles. The van der Waals surface area contributed by atoms with E-state index in [9.17, 15) is 18.0 Å². The third kappa shape index (κ3) is 3.61. The fraction of sp³-hybridized carbons (Fsp3) is 0.412. The molecule has 1 aliphatic heterocycles. The standard InChI is InChI=1S/C17H17F3N2O4/c1-25-12-4-2-3-11(9-12)10-5-7-22(8-6-10)16-21-14(17(18,19)20)13(26-16)15(23)24/h2-4,9-10H,5-8H2,1H3,(H,23,24). The molecular formula is C17H17F3N2O4. The maximum atomic E-state index is 12.9. The lowest BCUT2D eigenvalue weighted by atomic mass is 9.89. The zero-order valence-electron chi connectivity index (χ0n) is 13.9. The summed E-state index contributed by atoms with van der Waals surface area (Å²) in [6.45, 7) is 0.831. The topological polar surface area (TPSA) is 75.8 Å². The van der Waals surface area contributed by atoms with Crippen LogP contribution >= 0.6 is 0 Å². The molecule has 3 rings (SSSR count). The van der Waals surface area contributed by atoms with Crippen LogP contribution in [0, 0.1) is 0 Å². The van der Waals surface area contributed by atoms with Crippen molar-refractivity contribution in [2.75, 3.05) is 25.1 Å². The van der Waals surface area contributed by atoms with Crippen LogP contribution < -0.4 is 9.64 Å². The molecule has 1 saturated heterocycles. The van der Waals surface area contributed by atoms with Crippen molar-refractivity contribution in [2.45, 2.75) is 24.9 Å². The molecule has 140 valence electrons. The monoisotopic (exact) mass is 370 g/mol. The highest BCUT2D eigenvalue weighted by molar-refractivity contribution is 5.86. The van der Waals surface area contributed by atoms with Crippen LogP contribution in [0.5, 0.6) is 5.75 Å². The number of halogens is 3. The van der Waals surface area contributed by atoms with Crippen LogP contribution in [0.2, 0.25) is 0 Å². The molecule has 2 heterocycles. The van der Waals surface area contributed by atoms with Gasteiger partial charge in [-0.05, 0) is 36.5 Å². The zero-order chi connectivity index (χ0) is 18.9. The lowest BCUT2D eigenvalue weighted by Gasteiger charge is -2.31. The zero-order valence-corrected chi connectivity index (χ0v) is 13.9. The molecule has 0 spiro atoms. The van der Waals surface area contributed by atoms with Gasteiger partial charge in [0.2, 0.25) is 5.76 Å². The minimum atomic E-state index is -4.88. The smallest absolute Gasteiger partial charge is 0.437 e. The molecule has 1 N–H and O–H groups in total. The van der Waals surface area contributed by atoms with Crippen molar-refractivity contribution < 1.29 is 32.2 Å². The summed E-state index contributed by atoms with van der Waals surface area (Å²) in [4.78, 5) is 15.9. The van der Waals surface area contributed by atoms with Gasteiger partial charge < -0.3 is 19.2 Å². The van der Waals surface area contributed by atoms with Crippen LogP contribution in [0.25, 0.3) is 0 Å². The van der Waals surface area contributed by atoms with E-state index in [2.05, 4.69) is 4.98 Å². The fourth-order valence-corrected chi connectivity index (χ4v) is 3.08. The van der Waals surface area contributed by atoms with Crippen molar-refractivity contribution in [1.82, 2.24) is 4.98 Å². The van der Waals surface area contributed by atoms with E-state index in [4.69, 9.17) is 14.3 Å². The molecule has 1 aromatic heterocycles. The number of hydrogen-bond acceptors (Lipinski definition) is 5. The van der Waals surface area contributed by atoms with Gasteiger partial charge in [0.1, 0.15) is 5.75 Å². The Kier molecular flexibility index (Phi) is 4.80. The van der Waals surface area contributed by atoms with E-state index >= 15 is 0 Å². The number of ether oxygens (including phenoxy) is 1. The summed E-state index contributed by atoms with van der Waals surface area (Å²) in [7, 11) is 1.59. The number of piperidine rings is 1. The van der Waals surface area contributed by atoms with E-state index in [1.165, 1.54) is 0 Å². The second-order valence-corrected chi connectivity index (χ2v) is 6.02. The summed E-state index contributed by atoms with van der Waals surface area (Å²) < 4.78 is 48.9. The summed E-state index contributed by atoms with van der Waals surface area (Å²) in [6, 6.07) is 7.35. The molecule has 1 fully saturated rings. The van der Waals surface area contributed by atoms with Gasteiger partial charge in [-0.3, -0.25) is 0 Å². The van der Waals surface area contributed by atoms with E-state index in [-0.39, 0.29) is 11.9 Å².